The van der Waals surface area contributed by atoms with Crippen LogP contribution in [0.5, 0.6) is 0 Å². The van der Waals surface area contributed by atoms with E-state index in [-0.39, 0.29) is 23.8 Å². The highest BCUT2D eigenvalue weighted by molar-refractivity contribution is 6.06. The van der Waals surface area contributed by atoms with E-state index in [2.05, 4.69) is 23.6 Å². The van der Waals surface area contributed by atoms with E-state index < -0.39 is 0 Å². The number of amides is 1. The fourth-order valence-electron chi connectivity index (χ4n) is 5.41. The molecule has 0 bridgehead atoms. The second-order valence-corrected chi connectivity index (χ2v) is 8.71. The average Bonchev–Trinajstić information content (AvgIpc) is 3.49. The van der Waals surface area contributed by atoms with E-state index in [1.807, 2.05) is 43.2 Å². The van der Waals surface area contributed by atoms with Crippen LogP contribution in [-0.4, -0.2) is 58.4 Å². The molecule has 170 valence electrons. The molecule has 1 amide bonds. The first-order valence-electron chi connectivity index (χ1n) is 11.6. The molecular weight excluding hydrogens is 414 g/mol. The van der Waals surface area contributed by atoms with Crippen LogP contribution in [0.4, 0.5) is 0 Å². The van der Waals surface area contributed by atoms with Crippen molar-refractivity contribution in [3.63, 3.8) is 0 Å². The predicted molar refractivity (Wildman–Crippen MR) is 129 cm³/mol. The van der Waals surface area contributed by atoms with E-state index in [0.717, 1.165) is 28.5 Å². The van der Waals surface area contributed by atoms with Gasteiger partial charge in [0.05, 0.1) is 17.7 Å². The van der Waals surface area contributed by atoms with Gasteiger partial charge in [-0.3, -0.25) is 19.1 Å². The van der Waals surface area contributed by atoms with Crippen LogP contribution in [0.25, 0.3) is 16.5 Å². The number of rotatable bonds is 6. The monoisotopic (exact) mass is 443 g/mol. The Kier molecular flexibility index (Phi) is 5.54. The van der Waals surface area contributed by atoms with Crippen LogP contribution in [0.2, 0.25) is 0 Å². The molecule has 0 saturated carbocycles. The van der Waals surface area contributed by atoms with E-state index in [9.17, 15) is 9.59 Å². The molecule has 0 N–H and O–H groups in total. The van der Waals surface area contributed by atoms with Gasteiger partial charge in [0.2, 0.25) is 5.91 Å². The Balaban J connectivity index is 1.63. The second kappa shape index (κ2) is 8.52. The molecule has 1 aliphatic carbocycles. The van der Waals surface area contributed by atoms with Crippen molar-refractivity contribution in [2.75, 3.05) is 26.2 Å². The normalized spacial score (nSPS) is 19.8. The zero-order valence-corrected chi connectivity index (χ0v) is 19.2. The lowest BCUT2D eigenvalue weighted by molar-refractivity contribution is -0.134. The molecule has 2 aromatic heterocycles. The summed E-state index contributed by atoms with van der Waals surface area (Å²) in [6.07, 6.45) is 8.34. The lowest BCUT2D eigenvalue weighted by Gasteiger charge is -2.42. The highest BCUT2D eigenvalue weighted by Crippen LogP contribution is 2.42. The third-order valence-electron chi connectivity index (χ3n) is 6.95. The first kappa shape index (κ1) is 21.5. The molecule has 3 heterocycles. The number of carbonyl (C=O) groups is 2. The molecule has 2 aliphatic rings. The number of nitrogens with zero attached hydrogens (tertiary/aromatic N) is 3. The zero-order chi connectivity index (χ0) is 23.1. The van der Waals surface area contributed by atoms with Gasteiger partial charge in [0.15, 0.2) is 5.76 Å². The molecule has 0 fully saturated rings. The summed E-state index contributed by atoms with van der Waals surface area (Å²) in [7, 11) is 0. The number of carbonyl (C=O) groups excluding carboxylic acids is 2. The minimum Gasteiger partial charge on any atom is -0.459 e. The third kappa shape index (κ3) is 3.45. The molecule has 6 heteroatoms. The van der Waals surface area contributed by atoms with E-state index in [0.29, 0.717) is 31.9 Å². The van der Waals surface area contributed by atoms with Crippen LogP contribution in [0.1, 0.15) is 35.5 Å². The maximum absolute atomic E-state index is 13.3. The van der Waals surface area contributed by atoms with Crippen LogP contribution in [-0.2, 0) is 11.2 Å². The summed E-state index contributed by atoms with van der Waals surface area (Å²) in [6.45, 7) is 10.8. The fraction of sp³-hybridized carbons (Fsp3) is 0.333. The molecule has 2 atom stereocenters. The summed E-state index contributed by atoms with van der Waals surface area (Å²) in [5.41, 5.74) is 4.30. The van der Waals surface area contributed by atoms with E-state index in [4.69, 9.17) is 4.42 Å². The van der Waals surface area contributed by atoms with Gasteiger partial charge in [-0.1, -0.05) is 24.3 Å². The minimum atomic E-state index is -0.195. The Labute approximate surface area is 193 Å². The maximum atomic E-state index is 13.3. The quantitative estimate of drug-likeness (QED) is 0.536. The summed E-state index contributed by atoms with van der Waals surface area (Å²) in [5.74, 6) is 0.117. The Bertz CT molecular complexity index is 1250. The van der Waals surface area contributed by atoms with Crippen molar-refractivity contribution in [3.8, 4) is 0 Å². The van der Waals surface area contributed by atoms with Gasteiger partial charge in [0.25, 0.3) is 5.91 Å². The van der Waals surface area contributed by atoms with Gasteiger partial charge < -0.3 is 9.32 Å². The van der Waals surface area contributed by atoms with E-state index in [1.54, 1.807) is 16.7 Å². The smallest absolute Gasteiger partial charge is 0.298 e. The summed E-state index contributed by atoms with van der Waals surface area (Å²) in [4.78, 5) is 30.6. The van der Waals surface area contributed by atoms with E-state index in [1.165, 1.54) is 11.8 Å². The maximum Gasteiger partial charge on any atom is 0.298 e. The number of hydrogen-bond donors (Lipinski definition) is 0. The van der Waals surface area contributed by atoms with Gasteiger partial charge in [-0.05, 0) is 55.2 Å². The van der Waals surface area contributed by atoms with Crippen LogP contribution in [0.15, 0.2) is 65.9 Å². The SMILES string of the molecule is C=CCN1C[C@H](C(=O)N(CC)CC)C=C2c3cccc4c3c(cn4C(=O)c3ccco3)C[C@H]21. The zero-order valence-electron chi connectivity index (χ0n) is 19.2. The first-order chi connectivity index (χ1) is 16.1. The van der Waals surface area contributed by atoms with Crippen molar-refractivity contribution in [1.29, 1.82) is 0 Å². The van der Waals surface area contributed by atoms with Gasteiger partial charge in [-0.25, -0.2) is 0 Å². The number of hydrogen-bond acceptors (Lipinski definition) is 4. The lowest BCUT2D eigenvalue weighted by atomic mass is 9.79. The van der Waals surface area contributed by atoms with Crippen molar-refractivity contribution >= 4 is 28.3 Å². The number of furan rings is 1. The van der Waals surface area contributed by atoms with Gasteiger partial charge in [0.1, 0.15) is 0 Å². The molecular formula is C27H29N3O3. The van der Waals surface area contributed by atoms with Crippen LogP contribution >= 0.6 is 0 Å². The van der Waals surface area contributed by atoms with Crippen molar-refractivity contribution < 1.29 is 14.0 Å². The van der Waals surface area contributed by atoms with Crippen LogP contribution < -0.4 is 0 Å². The van der Waals surface area contributed by atoms with Crippen molar-refractivity contribution in [3.05, 3.63) is 78.4 Å². The molecule has 0 unspecified atom stereocenters. The van der Waals surface area contributed by atoms with Crippen molar-refractivity contribution in [1.82, 2.24) is 14.4 Å². The number of aromatic nitrogens is 1. The largest absolute Gasteiger partial charge is 0.459 e. The lowest BCUT2D eigenvalue weighted by Crippen LogP contribution is -2.49. The molecule has 6 nitrogen and oxygen atoms in total. The predicted octanol–water partition coefficient (Wildman–Crippen LogP) is 4.22. The molecule has 0 spiro atoms. The average molecular weight is 444 g/mol. The third-order valence-corrected chi connectivity index (χ3v) is 6.95. The topological polar surface area (TPSA) is 58.7 Å². The minimum absolute atomic E-state index is 0.149. The Morgan fingerprint density at radius 2 is 2.03 bits per heavy atom. The highest BCUT2D eigenvalue weighted by atomic mass is 16.3. The molecule has 1 aromatic carbocycles. The van der Waals surface area contributed by atoms with Crippen LogP contribution in [0.3, 0.4) is 0 Å². The standard InChI is InChI=1S/C27H29N3O3/c1-4-12-29-16-19(26(31)28(5-2)6-3)14-21-20-9-7-10-22-25(20)18(15-23(21)29)17-30(22)27(32)24-11-8-13-33-24/h4,7-11,13-14,17,19,23H,1,5-6,12,15-16H2,2-3H3/t19-,23-/m1/s1. The summed E-state index contributed by atoms with van der Waals surface area (Å²) in [6, 6.07) is 9.65. The van der Waals surface area contributed by atoms with E-state index >= 15 is 0 Å². The Morgan fingerprint density at radius 3 is 2.73 bits per heavy atom. The summed E-state index contributed by atoms with van der Waals surface area (Å²) < 4.78 is 7.07. The van der Waals surface area contributed by atoms with Crippen LogP contribution in [0, 0.1) is 5.92 Å². The summed E-state index contributed by atoms with van der Waals surface area (Å²) in [5, 5.41) is 1.09. The highest BCUT2D eigenvalue weighted by Gasteiger charge is 2.38. The van der Waals surface area contributed by atoms with Gasteiger partial charge in [-0.15, -0.1) is 6.58 Å². The van der Waals surface area contributed by atoms with Gasteiger partial charge in [-0.2, -0.15) is 0 Å². The first-order valence-corrected chi connectivity index (χ1v) is 11.6. The van der Waals surface area contributed by atoms with Gasteiger partial charge in [0, 0.05) is 43.8 Å². The Hall–Kier alpha value is -3.38. The molecule has 5 rings (SSSR count). The fourth-order valence-corrected chi connectivity index (χ4v) is 5.41. The molecule has 33 heavy (non-hydrogen) atoms. The van der Waals surface area contributed by atoms with Crippen molar-refractivity contribution in [2.24, 2.45) is 5.92 Å². The number of benzene rings is 1. The molecule has 0 radical (unpaired) electrons. The Morgan fingerprint density at radius 1 is 1.21 bits per heavy atom. The molecule has 0 saturated heterocycles. The second-order valence-electron chi connectivity index (χ2n) is 8.71. The molecule has 3 aromatic rings. The van der Waals surface area contributed by atoms with Gasteiger partial charge >= 0.3 is 0 Å². The summed E-state index contributed by atoms with van der Waals surface area (Å²) >= 11 is 0. The molecule has 1 aliphatic heterocycles. The number of fused-ring (bicyclic) bond motifs is 2. The van der Waals surface area contributed by atoms with Crippen molar-refractivity contribution in [2.45, 2.75) is 26.3 Å².